The summed E-state index contributed by atoms with van der Waals surface area (Å²) in [7, 11) is 0. The van der Waals surface area contributed by atoms with E-state index in [1.165, 1.54) is 0 Å². The molecule has 1 fully saturated rings. The Kier molecular flexibility index (Phi) is 2.51. The quantitative estimate of drug-likeness (QED) is 0.707. The summed E-state index contributed by atoms with van der Waals surface area (Å²) in [5, 5.41) is 0. The summed E-state index contributed by atoms with van der Waals surface area (Å²) >= 11 is 0. The minimum absolute atomic E-state index is 0.00996. The van der Waals surface area contributed by atoms with Crippen molar-refractivity contribution in [1.82, 2.24) is 4.90 Å². The molecule has 1 atom stereocenters. The van der Waals surface area contributed by atoms with Gasteiger partial charge in [0.25, 0.3) is 11.8 Å². The summed E-state index contributed by atoms with van der Waals surface area (Å²) in [6.45, 7) is 0. The average molecular weight is 243 g/mol. The first-order valence-electron chi connectivity index (χ1n) is 6.20. The summed E-state index contributed by atoms with van der Waals surface area (Å²) in [4.78, 5) is 37.4. The molecule has 1 aliphatic heterocycles. The highest BCUT2D eigenvalue weighted by Crippen LogP contribution is 2.29. The van der Waals surface area contributed by atoms with Gasteiger partial charge in [0, 0.05) is 6.42 Å². The van der Waals surface area contributed by atoms with Crippen LogP contribution in [0.4, 0.5) is 0 Å². The third-order valence-electron chi connectivity index (χ3n) is 3.66. The molecule has 1 aliphatic carbocycles. The molecule has 2 aliphatic rings. The van der Waals surface area contributed by atoms with E-state index in [1.54, 1.807) is 24.3 Å². The van der Waals surface area contributed by atoms with Gasteiger partial charge in [-0.15, -0.1) is 0 Å². The number of benzene rings is 1. The Hall–Kier alpha value is -1.97. The second kappa shape index (κ2) is 4.05. The zero-order valence-corrected chi connectivity index (χ0v) is 9.89. The first-order chi connectivity index (χ1) is 8.70. The van der Waals surface area contributed by atoms with E-state index in [1.807, 2.05) is 0 Å². The third kappa shape index (κ3) is 1.49. The maximum atomic E-state index is 12.2. The number of nitrogens with zero attached hydrogens (tertiary/aromatic N) is 1. The lowest BCUT2D eigenvalue weighted by atomic mass is 9.93. The van der Waals surface area contributed by atoms with Gasteiger partial charge in [0.15, 0.2) is 5.78 Å². The average Bonchev–Trinajstić information content (AvgIpc) is 2.64. The van der Waals surface area contributed by atoms with E-state index in [-0.39, 0.29) is 17.6 Å². The lowest BCUT2D eigenvalue weighted by Crippen LogP contribution is -2.46. The molecule has 1 unspecified atom stereocenters. The summed E-state index contributed by atoms with van der Waals surface area (Å²) < 4.78 is 0. The molecule has 1 aromatic carbocycles. The van der Waals surface area contributed by atoms with Crippen LogP contribution in [-0.4, -0.2) is 28.5 Å². The van der Waals surface area contributed by atoms with Crippen molar-refractivity contribution in [3.8, 4) is 0 Å². The smallest absolute Gasteiger partial charge is 0.262 e. The molecule has 3 rings (SSSR count). The Morgan fingerprint density at radius 1 is 0.944 bits per heavy atom. The van der Waals surface area contributed by atoms with Crippen LogP contribution in [0.25, 0.3) is 0 Å². The Morgan fingerprint density at radius 2 is 1.56 bits per heavy atom. The first-order valence-corrected chi connectivity index (χ1v) is 6.20. The molecule has 0 aromatic heterocycles. The van der Waals surface area contributed by atoms with Crippen molar-refractivity contribution in [1.29, 1.82) is 0 Å². The van der Waals surface area contributed by atoms with E-state index in [2.05, 4.69) is 0 Å². The summed E-state index contributed by atoms with van der Waals surface area (Å²) in [6, 6.07) is 6.20. The Balaban J connectivity index is 1.99. The van der Waals surface area contributed by atoms with Gasteiger partial charge >= 0.3 is 0 Å². The van der Waals surface area contributed by atoms with Crippen LogP contribution in [-0.2, 0) is 4.79 Å². The van der Waals surface area contributed by atoms with Crippen molar-refractivity contribution in [3.05, 3.63) is 35.4 Å². The number of hydrogen-bond acceptors (Lipinski definition) is 3. The van der Waals surface area contributed by atoms with Crippen LogP contribution in [0.1, 0.15) is 46.4 Å². The number of imide groups is 1. The van der Waals surface area contributed by atoms with Crippen molar-refractivity contribution in [3.63, 3.8) is 0 Å². The standard InChI is InChI=1S/C14H13NO3/c16-12-8-4-3-7-11(12)15-13(17)9-5-1-2-6-10(9)14(15)18/h1-2,5-6,11H,3-4,7-8H2. The lowest BCUT2D eigenvalue weighted by Gasteiger charge is -2.27. The molecular formula is C14H13NO3. The molecule has 4 heteroatoms. The maximum absolute atomic E-state index is 12.2. The second-order valence-corrected chi connectivity index (χ2v) is 4.75. The highest BCUT2D eigenvalue weighted by molar-refractivity contribution is 6.22. The number of ketones is 1. The van der Waals surface area contributed by atoms with Gasteiger partial charge in [-0.1, -0.05) is 18.6 Å². The van der Waals surface area contributed by atoms with Gasteiger partial charge in [0.1, 0.15) is 0 Å². The number of carbonyl (C=O) groups excluding carboxylic acids is 3. The van der Waals surface area contributed by atoms with E-state index in [0.29, 0.717) is 24.0 Å². The molecule has 1 aromatic rings. The molecule has 18 heavy (non-hydrogen) atoms. The molecule has 92 valence electrons. The molecular weight excluding hydrogens is 230 g/mol. The minimum Gasteiger partial charge on any atom is -0.297 e. The van der Waals surface area contributed by atoms with Gasteiger partial charge < -0.3 is 0 Å². The van der Waals surface area contributed by atoms with Gasteiger partial charge in [-0.25, -0.2) is 0 Å². The largest absolute Gasteiger partial charge is 0.297 e. The number of amides is 2. The van der Waals surface area contributed by atoms with Crippen LogP contribution in [0.3, 0.4) is 0 Å². The van der Waals surface area contributed by atoms with Crippen LogP contribution >= 0.6 is 0 Å². The van der Waals surface area contributed by atoms with E-state index in [4.69, 9.17) is 0 Å². The van der Waals surface area contributed by atoms with Crippen LogP contribution in [0.2, 0.25) is 0 Å². The van der Waals surface area contributed by atoms with Gasteiger partial charge in [-0.3, -0.25) is 19.3 Å². The number of carbonyl (C=O) groups is 3. The van der Waals surface area contributed by atoms with Crippen molar-refractivity contribution in [2.45, 2.75) is 31.7 Å². The highest BCUT2D eigenvalue weighted by atomic mass is 16.2. The van der Waals surface area contributed by atoms with Crippen LogP contribution < -0.4 is 0 Å². The zero-order chi connectivity index (χ0) is 12.7. The van der Waals surface area contributed by atoms with Crippen molar-refractivity contribution >= 4 is 17.6 Å². The van der Waals surface area contributed by atoms with Crippen LogP contribution in [0.15, 0.2) is 24.3 Å². The van der Waals surface area contributed by atoms with Crippen LogP contribution in [0, 0.1) is 0 Å². The van der Waals surface area contributed by atoms with E-state index >= 15 is 0 Å². The lowest BCUT2D eigenvalue weighted by molar-refractivity contribution is -0.124. The fraction of sp³-hybridized carbons (Fsp3) is 0.357. The SMILES string of the molecule is O=C1CCCCC1N1C(=O)c2ccccc2C1=O. The van der Waals surface area contributed by atoms with E-state index < -0.39 is 6.04 Å². The molecule has 0 N–H and O–H groups in total. The Bertz CT molecular complexity index is 515. The number of hydrogen-bond donors (Lipinski definition) is 0. The zero-order valence-electron chi connectivity index (χ0n) is 9.89. The fourth-order valence-electron chi connectivity index (χ4n) is 2.73. The predicted molar refractivity (Wildman–Crippen MR) is 64.2 cm³/mol. The van der Waals surface area contributed by atoms with Crippen molar-refractivity contribution < 1.29 is 14.4 Å². The minimum atomic E-state index is -0.550. The topological polar surface area (TPSA) is 54.5 Å². The van der Waals surface area contributed by atoms with Gasteiger partial charge in [0.2, 0.25) is 0 Å². The summed E-state index contributed by atoms with van der Waals surface area (Å²) in [5.74, 6) is -0.637. The monoisotopic (exact) mass is 243 g/mol. The van der Waals surface area contributed by atoms with Gasteiger partial charge in [-0.05, 0) is 25.0 Å². The molecule has 2 amide bonds. The molecule has 0 saturated heterocycles. The van der Waals surface area contributed by atoms with Crippen molar-refractivity contribution in [2.24, 2.45) is 0 Å². The second-order valence-electron chi connectivity index (χ2n) is 4.75. The van der Waals surface area contributed by atoms with E-state index in [0.717, 1.165) is 17.7 Å². The first kappa shape index (κ1) is 11.1. The van der Waals surface area contributed by atoms with E-state index in [9.17, 15) is 14.4 Å². The predicted octanol–water partition coefficient (Wildman–Crippen LogP) is 1.79. The Morgan fingerprint density at radius 3 is 2.11 bits per heavy atom. The summed E-state index contributed by atoms with van der Waals surface area (Å²) in [6.07, 6.45) is 2.82. The summed E-state index contributed by atoms with van der Waals surface area (Å²) in [5.41, 5.74) is 0.835. The highest BCUT2D eigenvalue weighted by Gasteiger charge is 2.42. The molecule has 0 spiro atoms. The molecule has 0 bridgehead atoms. The number of rotatable bonds is 1. The Labute approximate surface area is 105 Å². The third-order valence-corrected chi connectivity index (χ3v) is 3.66. The molecule has 1 heterocycles. The molecule has 1 saturated carbocycles. The number of fused-ring (bicyclic) bond motifs is 1. The molecule has 0 radical (unpaired) electrons. The normalized spacial score (nSPS) is 23.4. The van der Waals surface area contributed by atoms with Gasteiger partial charge in [-0.2, -0.15) is 0 Å². The van der Waals surface area contributed by atoms with Crippen molar-refractivity contribution in [2.75, 3.05) is 0 Å². The van der Waals surface area contributed by atoms with Crippen LogP contribution in [0.5, 0.6) is 0 Å². The number of Topliss-reactive ketones (excluding diaryl/α,β-unsaturated/α-hetero) is 1. The van der Waals surface area contributed by atoms with Gasteiger partial charge in [0.05, 0.1) is 17.2 Å². The molecule has 4 nitrogen and oxygen atoms in total. The fourth-order valence-corrected chi connectivity index (χ4v) is 2.73. The maximum Gasteiger partial charge on any atom is 0.262 e.